The molecule has 0 saturated carbocycles. The van der Waals surface area contributed by atoms with Gasteiger partial charge in [0.25, 0.3) is 5.91 Å². The van der Waals surface area contributed by atoms with Crippen molar-refractivity contribution in [3.8, 4) is 5.75 Å². The average molecular weight is 410 g/mol. The molecule has 1 saturated heterocycles. The number of hydrogen-bond donors (Lipinski definition) is 3. The lowest BCUT2D eigenvalue weighted by Gasteiger charge is -2.20. The molecule has 7 heteroatoms. The predicted octanol–water partition coefficient (Wildman–Crippen LogP) is 2.19. The summed E-state index contributed by atoms with van der Waals surface area (Å²) in [6.07, 6.45) is 1.06. The van der Waals surface area contributed by atoms with Crippen molar-refractivity contribution in [2.75, 3.05) is 31.1 Å². The molecular weight excluding hydrogens is 378 g/mol. The van der Waals surface area contributed by atoms with Gasteiger partial charge in [0.2, 0.25) is 0 Å². The van der Waals surface area contributed by atoms with Crippen LogP contribution in [0.25, 0.3) is 0 Å². The van der Waals surface area contributed by atoms with E-state index in [1.807, 2.05) is 18.2 Å². The number of anilines is 1. The Balaban J connectivity index is 1.58. The number of primary amides is 1. The number of nitrogens with zero attached hydrogens (tertiary/aromatic N) is 2. The molecule has 1 fully saturated rings. The van der Waals surface area contributed by atoms with Crippen LogP contribution in [-0.4, -0.2) is 44.1 Å². The summed E-state index contributed by atoms with van der Waals surface area (Å²) in [7, 11) is 0. The summed E-state index contributed by atoms with van der Waals surface area (Å²) >= 11 is 0. The Hall–Kier alpha value is -3.22. The summed E-state index contributed by atoms with van der Waals surface area (Å²) in [6.45, 7) is 7.32. The van der Waals surface area contributed by atoms with Crippen LogP contribution < -0.4 is 26.0 Å². The van der Waals surface area contributed by atoms with Crippen molar-refractivity contribution < 1.29 is 9.53 Å². The summed E-state index contributed by atoms with van der Waals surface area (Å²) in [6, 6.07) is 16.6. The fraction of sp³-hybridized carbons (Fsp3) is 0.391. The second-order valence-electron chi connectivity index (χ2n) is 7.51. The average Bonchev–Trinajstić information content (AvgIpc) is 3.20. The maximum atomic E-state index is 10.9. The van der Waals surface area contributed by atoms with Crippen molar-refractivity contribution >= 4 is 17.6 Å². The SMILES string of the molecule is CCNC(=NCc1cccc(OCC(N)=O)c1)NC1CCN(c2ccc(C)cc2)C1. The number of benzene rings is 2. The highest BCUT2D eigenvalue weighted by Crippen LogP contribution is 2.21. The van der Waals surface area contributed by atoms with Gasteiger partial charge in [-0.2, -0.15) is 0 Å². The van der Waals surface area contributed by atoms with E-state index in [9.17, 15) is 4.79 Å². The van der Waals surface area contributed by atoms with Gasteiger partial charge in [0.15, 0.2) is 12.6 Å². The Morgan fingerprint density at radius 3 is 2.80 bits per heavy atom. The normalized spacial score (nSPS) is 16.4. The van der Waals surface area contributed by atoms with Crippen LogP contribution in [0.2, 0.25) is 0 Å². The van der Waals surface area contributed by atoms with Gasteiger partial charge in [0.1, 0.15) is 5.75 Å². The second-order valence-corrected chi connectivity index (χ2v) is 7.51. The molecule has 3 rings (SSSR count). The highest BCUT2D eigenvalue weighted by atomic mass is 16.5. The molecule has 1 atom stereocenters. The van der Waals surface area contributed by atoms with Gasteiger partial charge < -0.3 is 26.0 Å². The van der Waals surface area contributed by atoms with Crippen LogP contribution in [0.1, 0.15) is 24.5 Å². The summed E-state index contributed by atoms with van der Waals surface area (Å²) in [5.41, 5.74) is 8.68. The number of amides is 1. The first-order chi connectivity index (χ1) is 14.5. The molecular formula is C23H31N5O2. The molecule has 2 aromatic carbocycles. The third-order valence-corrected chi connectivity index (χ3v) is 4.97. The van der Waals surface area contributed by atoms with Gasteiger partial charge in [-0.15, -0.1) is 0 Å². The summed E-state index contributed by atoms with van der Waals surface area (Å²) in [5, 5.41) is 6.88. The molecule has 1 unspecified atom stereocenters. The molecule has 2 aromatic rings. The van der Waals surface area contributed by atoms with E-state index in [0.717, 1.165) is 37.6 Å². The molecule has 1 aliphatic heterocycles. The number of carbonyl (C=O) groups is 1. The van der Waals surface area contributed by atoms with E-state index in [1.54, 1.807) is 6.07 Å². The zero-order chi connectivity index (χ0) is 21.3. The number of aryl methyl sites for hydroxylation is 1. The van der Waals surface area contributed by atoms with Crippen LogP contribution in [-0.2, 0) is 11.3 Å². The maximum Gasteiger partial charge on any atom is 0.255 e. The van der Waals surface area contributed by atoms with Crippen LogP contribution in [0, 0.1) is 6.92 Å². The first-order valence-electron chi connectivity index (χ1n) is 10.4. The molecule has 1 amide bonds. The van der Waals surface area contributed by atoms with E-state index in [2.05, 4.69) is 53.6 Å². The fourth-order valence-electron chi connectivity index (χ4n) is 3.44. The van der Waals surface area contributed by atoms with Gasteiger partial charge in [-0.05, 0) is 50.1 Å². The molecule has 4 N–H and O–H groups in total. The number of rotatable bonds is 8. The van der Waals surface area contributed by atoms with Crippen LogP contribution >= 0.6 is 0 Å². The van der Waals surface area contributed by atoms with E-state index >= 15 is 0 Å². The topological polar surface area (TPSA) is 92.0 Å². The van der Waals surface area contributed by atoms with Gasteiger partial charge in [-0.1, -0.05) is 29.8 Å². The van der Waals surface area contributed by atoms with Gasteiger partial charge in [-0.25, -0.2) is 4.99 Å². The number of aliphatic imine (C=N–C) groups is 1. The molecule has 0 radical (unpaired) electrons. The molecule has 0 aliphatic carbocycles. The lowest BCUT2D eigenvalue weighted by atomic mass is 10.2. The van der Waals surface area contributed by atoms with E-state index < -0.39 is 5.91 Å². The smallest absolute Gasteiger partial charge is 0.255 e. The van der Waals surface area contributed by atoms with Crippen LogP contribution in [0.15, 0.2) is 53.5 Å². The summed E-state index contributed by atoms with van der Waals surface area (Å²) < 4.78 is 5.37. The predicted molar refractivity (Wildman–Crippen MR) is 121 cm³/mol. The fourth-order valence-corrected chi connectivity index (χ4v) is 3.44. The molecule has 30 heavy (non-hydrogen) atoms. The number of ether oxygens (including phenoxy) is 1. The lowest BCUT2D eigenvalue weighted by Crippen LogP contribution is -2.44. The van der Waals surface area contributed by atoms with E-state index in [1.165, 1.54) is 11.3 Å². The molecule has 0 bridgehead atoms. The Morgan fingerprint density at radius 1 is 1.27 bits per heavy atom. The highest BCUT2D eigenvalue weighted by molar-refractivity contribution is 5.80. The molecule has 0 aromatic heterocycles. The van der Waals surface area contributed by atoms with Crippen molar-refractivity contribution in [1.29, 1.82) is 0 Å². The van der Waals surface area contributed by atoms with Gasteiger partial charge >= 0.3 is 0 Å². The van der Waals surface area contributed by atoms with Gasteiger partial charge in [-0.3, -0.25) is 4.79 Å². The minimum Gasteiger partial charge on any atom is -0.484 e. The minimum absolute atomic E-state index is 0.129. The zero-order valence-corrected chi connectivity index (χ0v) is 17.7. The molecule has 160 valence electrons. The molecule has 1 heterocycles. The number of hydrogen-bond acceptors (Lipinski definition) is 4. The Bertz CT molecular complexity index is 866. The standard InChI is InChI=1S/C23H31N5O2/c1-3-25-23(26-14-18-5-4-6-21(13-18)30-16-22(24)29)27-19-11-12-28(15-19)20-9-7-17(2)8-10-20/h4-10,13,19H,3,11-12,14-16H2,1-2H3,(H2,24,29)(H2,25,26,27). The number of guanidine groups is 1. The highest BCUT2D eigenvalue weighted by Gasteiger charge is 2.23. The number of nitrogens with two attached hydrogens (primary N) is 1. The Labute approximate surface area is 178 Å². The second kappa shape index (κ2) is 10.5. The first kappa shape index (κ1) is 21.5. The largest absolute Gasteiger partial charge is 0.484 e. The van der Waals surface area contributed by atoms with E-state index in [4.69, 9.17) is 15.5 Å². The minimum atomic E-state index is -0.492. The molecule has 1 aliphatic rings. The van der Waals surface area contributed by atoms with E-state index in [-0.39, 0.29) is 6.61 Å². The number of nitrogens with one attached hydrogen (secondary N) is 2. The molecule has 7 nitrogen and oxygen atoms in total. The first-order valence-corrected chi connectivity index (χ1v) is 10.4. The quantitative estimate of drug-likeness (QED) is 0.459. The van der Waals surface area contributed by atoms with Crippen LogP contribution in [0.5, 0.6) is 5.75 Å². The van der Waals surface area contributed by atoms with Gasteiger partial charge in [0, 0.05) is 31.4 Å². The van der Waals surface area contributed by atoms with Gasteiger partial charge in [0.05, 0.1) is 6.54 Å². The number of carbonyl (C=O) groups excluding carboxylic acids is 1. The third-order valence-electron chi connectivity index (χ3n) is 4.97. The summed E-state index contributed by atoms with van der Waals surface area (Å²) in [4.78, 5) is 18.0. The van der Waals surface area contributed by atoms with E-state index in [0.29, 0.717) is 18.3 Å². The van der Waals surface area contributed by atoms with Crippen molar-refractivity contribution in [2.24, 2.45) is 10.7 Å². The van der Waals surface area contributed by atoms with Crippen LogP contribution in [0.3, 0.4) is 0 Å². The lowest BCUT2D eigenvalue weighted by molar-refractivity contribution is -0.119. The van der Waals surface area contributed by atoms with Crippen molar-refractivity contribution in [3.05, 3.63) is 59.7 Å². The van der Waals surface area contributed by atoms with Crippen LogP contribution in [0.4, 0.5) is 5.69 Å². The zero-order valence-electron chi connectivity index (χ0n) is 17.7. The molecule has 0 spiro atoms. The summed E-state index contributed by atoms with van der Waals surface area (Å²) in [5.74, 6) is 0.925. The monoisotopic (exact) mass is 409 g/mol. The third kappa shape index (κ3) is 6.40. The van der Waals surface area contributed by atoms with Crippen molar-refractivity contribution in [1.82, 2.24) is 10.6 Å². The van der Waals surface area contributed by atoms with Crippen molar-refractivity contribution in [3.63, 3.8) is 0 Å². The Kier molecular flexibility index (Phi) is 7.54. The van der Waals surface area contributed by atoms with Crippen molar-refractivity contribution in [2.45, 2.75) is 32.9 Å². The maximum absolute atomic E-state index is 10.9. The Morgan fingerprint density at radius 2 is 2.07 bits per heavy atom.